The average Bonchev–Trinajstić information content (AvgIpc) is 3.12. The number of esters is 1. The minimum atomic E-state index is -0.278. The Morgan fingerprint density at radius 3 is 2.45 bits per heavy atom. The first kappa shape index (κ1) is 20.6. The summed E-state index contributed by atoms with van der Waals surface area (Å²) in [5.41, 5.74) is 2.72. The summed E-state index contributed by atoms with van der Waals surface area (Å²) in [7, 11) is 3.30. The van der Waals surface area contributed by atoms with Crippen LogP contribution in [-0.4, -0.2) is 26.8 Å². The van der Waals surface area contributed by atoms with Crippen LogP contribution in [0.2, 0.25) is 0 Å². The predicted octanol–water partition coefficient (Wildman–Crippen LogP) is 3.28. The molecule has 2 aromatic carbocycles. The Kier molecular flexibility index (Phi) is 11.4. The zero-order valence-corrected chi connectivity index (χ0v) is 14.3. The van der Waals surface area contributed by atoms with Crippen molar-refractivity contribution >= 4 is 5.97 Å². The molecule has 0 saturated carbocycles. The fourth-order valence-electron chi connectivity index (χ4n) is 1.82. The zero-order valence-electron chi connectivity index (χ0n) is 13.1. The molecule has 0 bridgehead atoms. The largest absolute Gasteiger partial charge is 0.747 e. The van der Waals surface area contributed by atoms with Crippen LogP contribution in [0.5, 0.6) is 0 Å². The van der Waals surface area contributed by atoms with Crippen molar-refractivity contribution in [2.24, 2.45) is 0 Å². The van der Waals surface area contributed by atoms with Crippen LogP contribution in [-0.2, 0) is 44.5 Å². The summed E-state index contributed by atoms with van der Waals surface area (Å²) >= 11 is 0. The van der Waals surface area contributed by atoms with Gasteiger partial charge in [0.1, 0.15) is 0 Å². The van der Waals surface area contributed by atoms with Crippen LogP contribution in [0.15, 0.2) is 42.5 Å². The summed E-state index contributed by atoms with van der Waals surface area (Å²) < 4.78 is 14.7. The first-order valence-corrected chi connectivity index (χ1v) is 6.83. The number of carbonyl (C=O) groups is 1. The van der Waals surface area contributed by atoms with Crippen molar-refractivity contribution in [1.82, 2.24) is 0 Å². The van der Waals surface area contributed by atoms with E-state index in [0.717, 1.165) is 12.2 Å². The molecule has 0 N–H and O–H groups in total. The number of rotatable bonds is 6. The molecule has 0 aliphatic heterocycles. The van der Waals surface area contributed by atoms with E-state index in [1.54, 1.807) is 27.2 Å². The molecule has 2 aromatic rings. The summed E-state index contributed by atoms with van der Waals surface area (Å²) in [6, 6.07) is 13.5. The fourth-order valence-corrected chi connectivity index (χ4v) is 1.82. The monoisotopic (exact) mass is 346 g/mol. The van der Waals surface area contributed by atoms with Gasteiger partial charge in [-0.15, -0.1) is 12.2 Å². The van der Waals surface area contributed by atoms with Gasteiger partial charge < -0.3 is 44.0 Å². The van der Waals surface area contributed by atoms with E-state index in [1.807, 2.05) is 36.4 Å². The molecule has 0 unspecified atom stereocenters. The van der Waals surface area contributed by atoms with Crippen molar-refractivity contribution in [1.29, 1.82) is 0 Å². The van der Waals surface area contributed by atoms with Gasteiger partial charge in [0.25, 0.3) is 5.97 Å². The van der Waals surface area contributed by atoms with Gasteiger partial charge in [-0.3, -0.25) is 4.79 Å². The second-order valence-electron chi connectivity index (χ2n) is 4.34. The van der Waals surface area contributed by atoms with Crippen LogP contribution in [0, 0.1) is 0 Å². The van der Waals surface area contributed by atoms with E-state index in [4.69, 9.17) is 14.2 Å². The van der Waals surface area contributed by atoms with Crippen molar-refractivity contribution in [2.75, 3.05) is 20.8 Å². The molecule has 0 aromatic heterocycles. The molecular weight excluding hydrogens is 324 g/mol. The Hall–Kier alpha value is -1.39. The fraction of sp³-hybridized carbons (Fsp3) is 0.353. The Morgan fingerprint density at radius 1 is 1.23 bits per heavy atom. The predicted molar refractivity (Wildman–Crippen MR) is 81.5 cm³/mol. The van der Waals surface area contributed by atoms with E-state index in [0.29, 0.717) is 18.8 Å². The molecule has 0 radical (unpaired) electrons. The van der Waals surface area contributed by atoms with Crippen molar-refractivity contribution in [3.05, 3.63) is 59.2 Å². The van der Waals surface area contributed by atoms with Gasteiger partial charge in [-0.2, -0.15) is 6.07 Å². The summed E-state index contributed by atoms with van der Waals surface area (Å²) in [4.78, 5) is 11.3. The van der Waals surface area contributed by atoms with Gasteiger partial charge in [-0.1, -0.05) is 0 Å². The number of hydrogen-bond acceptors (Lipinski definition) is 4. The van der Waals surface area contributed by atoms with Crippen LogP contribution in [0.25, 0.3) is 0 Å². The summed E-state index contributed by atoms with van der Waals surface area (Å²) in [5.74, 6) is -0.278. The third-order valence-corrected chi connectivity index (χ3v) is 2.74. The maximum Gasteiger partial charge on any atom is 0.281 e. The summed E-state index contributed by atoms with van der Waals surface area (Å²) in [5, 5.41) is 0. The van der Waals surface area contributed by atoms with E-state index in [2.05, 4.69) is 0 Å². The van der Waals surface area contributed by atoms with E-state index in [1.165, 1.54) is 5.56 Å². The molecule has 0 fully saturated rings. The maximum absolute atomic E-state index is 11.3. The molecule has 0 atom stereocenters. The second-order valence-corrected chi connectivity index (χ2v) is 4.34. The molecule has 22 heavy (non-hydrogen) atoms. The van der Waals surface area contributed by atoms with E-state index in [9.17, 15) is 4.79 Å². The van der Waals surface area contributed by atoms with Gasteiger partial charge >= 0.3 is 0 Å². The van der Waals surface area contributed by atoms with Gasteiger partial charge in [-0.05, 0) is 12.5 Å². The van der Waals surface area contributed by atoms with Gasteiger partial charge in [0, 0.05) is 37.9 Å². The Labute approximate surface area is 142 Å². The molecule has 2 rings (SSSR count). The molecular formula is C17H22FeO4-6. The first-order chi connectivity index (χ1) is 10.2. The molecule has 0 heterocycles. The van der Waals surface area contributed by atoms with Crippen LogP contribution >= 0.6 is 0 Å². The van der Waals surface area contributed by atoms with E-state index < -0.39 is 0 Å². The Balaban J connectivity index is 0.000000423. The van der Waals surface area contributed by atoms with Gasteiger partial charge in [0.05, 0.1) is 6.61 Å². The molecule has 5 heteroatoms. The minimum absolute atomic E-state index is 0. The summed E-state index contributed by atoms with van der Waals surface area (Å²) in [6.45, 7) is 3.36. The Bertz CT molecular complexity index is 502. The third-order valence-electron chi connectivity index (χ3n) is 2.74. The van der Waals surface area contributed by atoms with Gasteiger partial charge in [-0.25, -0.2) is 12.1 Å². The average molecular weight is 346 g/mol. The van der Waals surface area contributed by atoms with E-state index in [-0.39, 0.29) is 23.0 Å². The van der Waals surface area contributed by atoms with Crippen molar-refractivity contribution in [2.45, 2.75) is 20.1 Å². The smallest absolute Gasteiger partial charge is 0.281 e. The molecule has 0 saturated heterocycles. The maximum atomic E-state index is 11.3. The molecule has 0 spiro atoms. The molecule has 0 aliphatic rings. The number of hydrogen-bond donors (Lipinski definition) is 0. The van der Waals surface area contributed by atoms with Crippen LogP contribution in [0.4, 0.5) is 0 Å². The van der Waals surface area contributed by atoms with Crippen molar-refractivity contribution in [3.8, 4) is 0 Å². The van der Waals surface area contributed by atoms with Gasteiger partial charge in [0.2, 0.25) is 0 Å². The van der Waals surface area contributed by atoms with Crippen molar-refractivity contribution < 1.29 is 36.1 Å². The third kappa shape index (κ3) is 7.05. The molecule has 4 nitrogen and oxygen atoms in total. The van der Waals surface area contributed by atoms with Crippen molar-refractivity contribution in [3.63, 3.8) is 0 Å². The second kappa shape index (κ2) is 12.2. The first-order valence-electron chi connectivity index (χ1n) is 6.83. The molecule has 0 amide bonds. The molecule has 128 valence electrons. The standard InChI is InChI=1S/C10H13O3.C7H9O.Fe/c1-3-13-10(11)9-6-4-5-8(9)7-12-2;1-8-6-7-4-2-3-5-7;/h4-6H,3,7H2,1-2H3;2-5H,6H2,1H3;/q-1;-5;. The minimum Gasteiger partial charge on any atom is -0.747 e. The van der Waals surface area contributed by atoms with Gasteiger partial charge in [0.15, 0.2) is 0 Å². The van der Waals surface area contributed by atoms with Crippen LogP contribution in [0.1, 0.15) is 28.4 Å². The topological polar surface area (TPSA) is 44.8 Å². The number of ether oxygens (including phenoxy) is 3. The summed E-state index contributed by atoms with van der Waals surface area (Å²) in [6.07, 6.45) is 0. The molecule has 0 aliphatic carbocycles. The number of methoxy groups -OCH3 is 2. The quantitative estimate of drug-likeness (QED) is 0.458. The Morgan fingerprint density at radius 2 is 1.91 bits per heavy atom. The van der Waals surface area contributed by atoms with E-state index >= 15 is 0 Å². The number of carbonyl (C=O) groups excluding carboxylic acids is 1. The SMILES string of the molecule is CCOC(=O)[c-]1cccc1COC.COC[c-]1[cH-][cH-][cH-][cH-]1.[Fe]. The van der Waals surface area contributed by atoms with Crippen LogP contribution < -0.4 is 0 Å². The normalized spacial score (nSPS) is 9.41. The van der Waals surface area contributed by atoms with Crippen LogP contribution in [0.3, 0.4) is 0 Å². The zero-order chi connectivity index (χ0) is 15.5.